The number of methoxy groups -OCH3 is 1. The zero-order chi connectivity index (χ0) is 16.7. The molecule has 0 saturated carbocycles. The lowest BCUT2D eigenvalue weighted by Crippen LogP contribution is -2.05. The molecule has 0 bridgehead atoms. The summed E-state index contributed by atoms with van der Waals surface area (Å²) in [5.41, 5.74) is 2.94. The number of benzene rings is 2. The van der Waals surface area contributed by atoms with E-state index < -0.39 is 0 Å². The van der Waals surface area contributed by atoms with Gasteiger partial charge in [0.2, 0.25) is 0 Å². The van der Waals surface area contributed by atoms with Crippen molar-refractivity contribution in [3.05, 3.63) is 54.4 Å². The highest BCUT2D eigenvalue weighted by Gasteiger charge is 2.20. The van der Waals surface area contributed by atoms with Crippen molar-refractivity contribution in [2.45, 2.75) is 19.4 Å². The molecule has 1 N–H and O–H groups in total. The Bertz CT molecular complexity index is 901. The summed E-state index contributed by atoms with van der Waals surface area (Å²) in [5, 5.41) is 9.84. The lowest BCUT2D eigenvalue weighted by Gasteiger charge is -2.12. The first-order valence-electron chi connectivity index (χ1n) is 7.86. The minimum Gasteiger partial charge on any atom is -0.508 e. The van der Waals surface area contributed by atoms with E-state index >= 15 is 0 Å². The van der Waals surface area contributed by atoms with Crippen molar-refractivity contribution in [1.82, 2.24) is 9.55 Å². The van der Waals surface area contributed by atoms with Crippen LogP contribution >= 0.6 is 0 Å². The van der Waals surface area contributed by atoms with Crippen molar-refractivity contribution in [2.24, 2.45) is 0 Å². The number of hydrogen-bond donors (Lipinski definition) is 1. The van der Waals surface area contributed by atoms with Crippen molar-refractivity contribution in [2.75, 3.05) is 7.11 Å². The second-order valence-corrected chi connectivity index (χ2v) is 5.93. The molecule has 1 unspecified atom stereocenters. The fourth-order valence-corrected chi connectivity index (χ4v) is 3.14. The van der Waals surface area contributed by atoms with Gasteiger partial charge in [-0.05, 0) is 48.9 Å². The Morgan fingerprint density at radius 2 is 2.12 bits per heavy atom. The highest BCUT2D eigenvalue weighted by atomic mass is 16.5. The molecule has 0 aliphatic carbocycles. The van der Waals surface area contributed by atoms with Gasteiger partial charge in [-0.1, -0.05) is 0 Å². The fourth-order valence-electron chi connectivity index (χ4n) is 3.14. The molecule has 0 spiro atoms. The maximum atomic E-state index is 9.84. The van der Waals surface area contributed by atoms with Crippen LogP contribution in [-0.4, -0.2) is 27.9 Å². The molecule has 5 nitrogen and oxygen atoms in total. The quantitative estimate of drug-likeness (QED) is 0.801. The van der Waals surface area contributed by atoms with Crippen molar-refractivity contribution < 1.29 is 14.6 Å². The van der Waals surface area contributed by atoms with Crippen LogP contribution < -0.4 is 9.47 Å². The van der Waals surface area contributed by atoms with E-state index in [-0.39, 0.29) is 11.9 Å². The van der Waals surface area contributed by atoms with Crippen molar-refractivity contribution >= 4 is 0 Å². The molecule has 122 valence electrons. The molecule has 4 rings (SSSR count). The highest BCUT2D eigenvalue weighted by Crippen LogP contribution is 2.35. The van der Waals surface area contributed by atoms with Gasteiger partial charge in [0.25, 0.3) is 0 Å². The normalized spacial score (nSPS) is 15.8. The molecule has 0 fully saturated rings. The lowest BCUT2D eigenvalue weighted by molar-refractivity contribution is 0.254. The van der Waals surface area contributed by atoms with Crippen molar-refractivity contribution in [1.29, 1.82) is 0 Å². The first kappa shape index (κ1) is 14.6. The topological polar surface area (TPSA) is 56.5 Å². The Morgan fingerprint density at radius 3 is 2.96 bits per heavy atom. The van der Waals surface area contributed by atoms with Crippen LogP contribution in [-0.2, 0) is 6.42 Å². The summed E-state index contributed by atoms with van der Waals surface area (Å²) in [5.74, 6) is 2.51. The Balaban J connectivity index is 1.82. The summed E-state index contributed by atoms with van der Waals surface area (Å²) >= 11 is 0. The van der Waals surface area contributed by atoms with E-state index in [2.05, 4.69) is 18.0 Å². The number of aromatic nitrogens is 2. The molecule has 1 aliphatic heterocycles. The molecule has 0 saturated heterocycles. The van der Waals surface area contributed by atoms with Gasteiger partial charge in [-0.15, -0.1) is 0 Å². The van der Waals surface area contributed by atoms with Crippen LogP contribution in [0.1, 0.15) is 12.5 Å². The summed E-state index contributed by atoms with van der Waals surface area (Å²) in [7, 11) is 1.61. The second kappa shape index (κ2) is 5.60. The minimum absolute atomic E-state index is 0.177. The summed E-state index contributed by atoms with van der Waals surface area (Å²) in [6.07, 6.45) is 4.76. The van der Waals surface area contributed by atoms with Crippen molar-refractivity contribution in [3.8, 4) is 34.3 Å². The second-order valence-electron chi connectivity index (χ2n) is 5.93. The number of aromatic hydroxyl groups is 1. The van der Waals surface area contributed by atoms with Gasteiger partial charge < -0.3 is 14.6 Å². The first-order valence-corrected chi connectivity index (χ1v) is 7.86. The van der Waals surface area contributed by atoms with Gasteiger partial charge in [0.1, 0.15) is 29.2 Å². The number of phenolic OH excluding ortho intramolecular Hbond substituents is 1. The molecule has 1 aliphatic rings. The van der Waals surface area contributed by atoms with Crippen LogP contribution in [0.5, 0.6) is 17.2 Å². The highest BCUT2D eigenvalue weighted by molar-refractivity contribution is 5.68. The summed E-state index contributed by atoms with van der Waals surface area (Å²) in [6.45, 7) is 2.07. The van der Waals surface area contributed by atoms with E-state index in [0.717, 1.165) is 29.2 Å². The van der Waals surface area contributed by atoms with Gasteiger partial charge in [0.05, 0.1) is 12.7 Å². The van der Waals surface area contributed by atoms with Crippen LogP contribution in [0.25, 0.3) is 17.1 Å². The third-order valence-corrected chi connectivity index (χ3v) is 4.22. The Labute approximate surface area is 140 Å². The molecule has 0 radical (unpaired) electrons. The molecular formula is C19H18N2O3. The van der Waals surface area contributed by atoms with Crippen LogP contribution in [0.4, 0.5) is 0 Å². The number of phenols is 1. The fraction of sp³-hybridized carbons (Fsp3) is 0.211. The zero-order valence-corrected chi connectivity index (χ0v) is 13.6. The van der Waals surface area contributed by atoms with E-state index in [1.165, 1.54) is 5.56 Å². The van der Waals surface area contributed by atoms with Gasteiger partial charge in [0.15, 0.2) is 0 Å². The van der Waals surface area contributed by atoms with Gasteiger partial charge in [-0.25, -0.2) is 4.98 Å². The molecule has 2 aromatic carbocycles. The van der Waals surface area contributed by atoms with E-state index in [9.17, 15) is 5.11 Å². The average molecular weight is 322 g/mol. The maximum absolute atomic E-state index is 9.84. The predicted molar refractivity (Wildman–Crippen MR) is 91.0 cm³/mol. The Morgan fingerprint density at radius 1 is 1.25 bits per heavy atom. The van der Waals surface area contributed by atoms with Gasteiger partial charge in [-0.2, -0.15) is 0 Å². The number of hydrogen-bond acceptors (Lipinski definition) is 4. The number of rotatable bonds is 3. The lowest BCUT2D eigenvalue weighted by atomic mass is 10.1. The summed E-state index contributed by atoms with van der Waals surface area (Å²) in [6, 6.07) is 11.1. The summed E-state index contributed by atoms with van der Waals surface area (Å²) in [4.78, 5) is 4.46. The molecule has 0 amide bonds. The monoisotopic (exact) mass is 322 g/mol. The minimum atomic E-state index is 0.177. The number of ether oxygens (including phenoxy) is 2. The van der Waals surface area contributed by atoms with E-state index in [1.807, 2.05) is 22.9 Å². The third kappa shape index (κ3) is 2.38. The maximum Gasteiger partial charge on any atom is 0.148 e. The van der Waals surface area contributed by atoms with Gasteiger partial charge >= 0.3 is 0 Å². The standard InChI is InChI=1S/C19H18N2O3/c1-12-9-13-10-14(3-5-17(13)24-12)21-8-7-20-19(21)16-11-15(22)4-6-18(16)23-2/h3-8,10-12,22H,9H2,1-2H3. The molecule has 1 aromatic heterocycles. The largest absolute Gasteiger partial charge is 0.508 e. The van der Waals surface area contributed by atoms with Crippen LogP contribution in [0.15, 0.2) is 48.8 Å². The third-order valence-electron chi connectivity index (χ3n) is 4.22. The van der Waals surface area contributed by atoms with E-state index in [1.54, 1.807) is 31.5 Å². The van der Waals surface area contributed by atoms with Gasteiger partial charge in [-0.3, -0.25) is 4.57 Å². The first-order chi connectivity index (χ1) is 11.7. The molecule has 24 heavy (non-hydrogen) atoms. The van der Waals surface area contributed by atoms with E-state index in [0.29, 0.717) is 5.75 Å². The molecule has 1 atom stereocenters. The van der Waals surface area contributed by atoms with E-state index in [4.69, 9.17) is 9.47 Å². The van der Waals surface area contributed by atoms with Crippen LogP contribution in [0.3, 0.4) is 0 Å². The Hall–Kier alpha value is -2.95. The predicted octanol–water partition coefficient (Wildman–Crippen LogP) is 3.58. The van der Waals surface area contributed by atoms with Crippen LogP contribution in [0, 0.1) is 0 Å². The Kier molecular flexibility index (Phi) is 3.41. The number of nitrogens with zero attached hydrogens (tertiary/aromatic N) is 2. The average Bonchev–Trinajstić information content (AvgIpc) is 3.19. The number of imidazole rings is 1. The smallest absolute Gasteiger partial charge is 0.148 e. The number of fused-ring (bicyclic) bond motifs is 1. The van der Waals surface area contributed by atoms with Crippen molar-refractivity contribution in [3.63, 3.8) is 0 Å². The SMILES string of the molecule is COc1ccc(O)cc1-c1nccn1-c1ccc2c(c1)CC(C)O2. The summed E-state index contributed by atoms with van der Waals surface area (Å²) < 4.78 is 13.2. The molecule has 2 heterocycles. The molecular weight excluding hydrogens is 304 g/mol. The molecule has 5 heteroatoms. The van der Waals surface area contributed by atoms with Gasteiger partial charge in [0, 0.05) is 24.5 Å². The molecule has 3 aromatic rings. The van der Waals surface area contributed by atoms with Crippen LogP contribution in [0.2, 0.25) is 0 Å². The zero-order valence-electron chi connectivity index (χ0n) is 13.6.